The molecule has 1 aromatic heterocycles. The minimum Gasteiger partial charge on any atom is -0.462 e. The Hall–Kier alpha value is -1.36. The highest BCUT2D eigenvalue weighted by Crippen LogP contribution is 2.13. The van der Waals surface area contributed by atoms with Crippen LogP contribution in [0.15, 0.2) is 6.20 Å². The van der Waals surface area contributed by atoms with E-state index in [0.717, 1.165) is 38.2 Å². The van der Waals surface area contributed by atoms with Crippen molar-refractivity contribution in [2.24, 2.45) is 7.05 Å². The number of carbonyl (C=O) groups excluding carboxylic acids is 1. The average Bonchev–Trinajstić information content (AvgIpc) is 2.72. The van der Waals surface area contributed by atoms with Gasteiger partial charge in [0.2, 0.25) is 0 Å². The van der Waals surface area contributed by atoms with E-state index in [9.17, 15) is 4.79 Å². The summed E-state index contributed by atoms with van der Waals surface area (Å²) in [6, 6.07) is 0. The van der Waals surface area contributed by atoms with Crippen molar-refractivity contribution in [3.8, 4) is 0 Å². The van der Waals surface area contributed by atoms with Gasteiger partial charge in [-0.05, 0) is 32.9 Å². The van der Waals surface area contributed by atoms with Crippen LogP contribution in [0.5, 0.6) is 0 Å². The fourth-order valence-corrected chi connectivity index (χ4v) is 2.14. The predicted molar refractivity (Wildman–Crippen MR) is 75.0 cm³/mol. The Labute approximate surface area is 115 Å². The van der Waals surface area contributed by atoms with Gasteiger partial charge in [0.1, 0.15) is 5.56 Å². The molecule has 1 aromatic rings. The van der Waals surface area contributed by atoms with Crippen molar-refractivity contribution in [1.82, 2.24) is 14.7 Å². The molecule has 0 N–H and O–H groups in total. The van der Waals surface area contributed by atoms with Crippen molar-refractivity contribution in [3.63, 3.8) is 0 Å². The molecule has 0 aliphatic carbocycles. The largest absolute Gasteiger partial charge is 0.462 e. The second-order valence-corrected chi connectivity index (χ2v) is 4.63. The monoisotopic (exact) mass is 267 g/mol. The van der Waals surface area contributed by atoms with Crippen molar-refractivity contribution in [1.29, 1.82) is 0 Å². The highest BCUT2D eigenvalue weighted by atomic mass is 16.5. The molecule has 5 heteroatoms. The normalized spacial score (nSPS) is 11.0. The second kappa shape index (κ2) is 7.94. The first-order valence-corrected chi connectivity index (χ1v) is 7.04. The van der Waals surface area contributed by atoms with Gasteiger partial charge in [-0.1, -0.05) is 13.8 Å². The van der Waals surface area contributed by atoms with Crippen LogP contribution in [0.2, 0.25) is 0 Å². The van der Waals surface area contributed by atoms with E-state index in [1.54, 1.807) is 10.9 Å². The van der Waals surface area contributed by atoms with Gasteiger partial charge in [0, 0.05) is 13.6 Å². The molecule has 0 bridgehead atoms. The molecule has 108 valence electrons. The number of nitrogens with zero attached hydrogens (tertiary/aromatic N) is 3. The SMILES string of the molecule is CCCN(CCC)Cc1c(C(=O)OCC)cnn1C. The van der Waals surface area contributed by atoms with Crippen LogP contribution in [-0.4, -0.2) is 40.3 Å². The van der Waals surface area contributed by atoms with Crippen LogP contribution >= 0.6 is 0 Å². The fraction of sp³-hybridized carbons (Fsp3) is 0.714. The second-order valence-electron chi connectivity index (χ2n) is 4.63. The predicted octanol–water partition coefficient (Wildman–Crippen LogP) is 2.22. The lowest BCUT2D eigenvalue weighted by molar-refractivity contribution is 0.0523. The zero-order chi connectivity index (χ0) is 14.3. The molecule has 19 heavy (non-hydrogen) atoms. The summed E-state index contributed by atoms with van der Waals surface area (Å²) >= 11 is 0. The number of aryl methyl sites for hydroxylation is 1. The fourth-order valence-electron chi connectivity index (χ4n) is 2.14. The zero-order valence-electron chi connectivity index (χ0n) is 12.5. The Morgan fingerprint density at radius 2 is 1.95 bits per heavy atom. The van der Waals surface area contributed by atoms with Crippen molar-refractivity contribution >= 4 is 5.97 Å². The van der Waals surface area contributed by atoms with Gasteiger partial charge in [-0.3, -0.25) is 9.58 Å². The Morgan fingerprint density at radius 1 is 1.32 bits per heavy atom. The van der Waals surface area contributed by atoms with E-state index in [1.165, 1.54) is 0 Å². The van der Waals surface area contributed by atoms with E-state index in [1.807, 2.05) is 14.0 Å². The summed E-state index contributed by atoms with van der Waals surface area (Å²) in [6.45, 7) is 9.33. The third kappa shape index (κ3) is 4.35. The molecule has 0 amide bonds. The zero-order valence-corrected chi connectivity index (χ0v) is 12.5. The van der Waals surface area contributed by atoms with Crippen molar-refractivity contribution in [3.05, 3.63) is 17.5 Å². The van der Waals surface area contributed by atoms with Crippen LogP contribution in [0, 0.1) is 0 Å². The van der Waals surface area contributed by atoms with Crippen LogP contribution < -0.4 is 0 Å². The van der Waals surface area contributed by atoms with Crippen molar-refractivity contribution in [2.75, 3.05) is 19.7 Å². The first-order chi connectivity index (χ1) is 9.13. The van der Waals surface area contributed by atoms with E-state index in [4.69, 9.17) is 4.74 Å². The lowest BCUT2D eigenvalue weighted by Crippen LogP contribution is -2.27. The number of hydrogen-bond donors (Lipinski definition) is 0. The Bertz CT molecular complexity index is 395. The smallest absolute Gasteiger partial charge is 0.341 e. The summed E-state index contributed by atoms with van der Waals surface area (Å²) in [5, 5.41) is 4.18. The quantitative estimate of drug-likeness (QED) is 0.678. The minimum atomic E-state index is -0.279. The molecule has 0 saturated heterocycles. The number of rotatable bonds is 8. The van der Waals surface area contributed by atoms with Crippen LogP contribution in [0.1, 0.15) is 49.7 Å². The number of ether oxygens (including phenoxy) is 1. The summed E-state index contributed by atoms with van der Waals surface area (Å²) < 4.78 is 6.84. The highest BCUT2D eigenvalue weighted by molar-refractivity contribution is 5.90. The van der Waals surface area contributed by atoms with Crippen LogP contribution in [0.4, 0.5) is 0 Å². The van der Waals surface area contributed by atoms with E-state index < -0.39 is 0 Å². The number of esters is 1. The lowest BCUT2D eigenvalue weighted by atomic mass is 10.2. The summed E-state index contributed by atoms with van der Waals surface area (Å²) in [5.41, 5.74) is 1.52. The van der Waals surface area contributed by atoms with Gasteiger partial charge < -0.3 is 4.74 Å². The first-order valence-electron chi connectivity index (χ1n) is 7.04. The Morgan fingerprint density at radius 3 is 2.47 bits per heavy atom. The number of carbonyl (C=O) groups is 1. The van der Waals surface area contributed by atoms with E-state index in [-0.39, 0.29) is 5.97 Å². The molecule has 1 rings (SSSR count). The third-order valence-corrected chi connectivity index (χ3v) is 3.01. The number of hydrogen-bond acceptors (Lipinski definition) is 4. The Kier molecular flexibility index (Phi) is 6.56. The summed E-state index contributed by atoms with van der Waals surface area (Å²) in [4.78, 5) is 14.2. The van der Waals surface area contributed by atoms with Gasteiger partial charge in [0.25, 0.3) is 0 Å². The van der Waals surface area contributed by atoms with Crippen molar-refractivity contribution < 1.29 is 9.53 Å². The third-order valence-electron chi connectivity index (χ3n) is 3.01. The molecule has 0 fully saturated rings. The maximum Gasteiger partial charge on any atom is 0.341 e. The molecular formula is C14H25N3O2. The molecule has 1 heterocycles. The van der Waals surface area contributed by atoms with E-state index >= 15 is 0 Å². The summed E-state index contributed by atoms with van der Waals surface area (Å²) in [6.07, 6.45) is 3.81. The summed E-state index contributed by atoms with van der Waals surface area (Å²) in [5.74, 6) is -0.279. The Balaban J connectivity index is 2.85. The molecule has 0 spiro atoms. The van der Waals surface area contributed by atoms with E-state index in [2.05, 4.69) is 23.8 Å². The van der Waals surface area contributed by atoms with Gasteiger partial charge in [0.15, 0.2) is 0 Å². The number of aromatic nitrogens is 2. The molecule has 0 aliphatic heterocycles. The molecule has 0 unspecified atom stereocenters. The molecule has 0 aliphatic rings. The van der Waals surface area contributed by atoms with Crippen LogP contribution in [0.3, 0.4) is 0 Å². The molecule has 0 atom stereocenters. The van der Waals surface area contributed by atoms with Gasteiger partial charge in [0.05, 0.1) is 18.5 Å². The topological polar surface area (TPSA) is 47.4 Å². The average molecular weight is 267 g/mol. The molecule has 5 nitrogen and oxygen atoms in total. The first kappa shape index (κ1) is 15.7. The van der Waals surface area contributed by atoms with Gasteiger partial charge in [-0.2, -0.15) is 5.10 Å². The van der Waals surface area contributed by atoms with Gasteiger partial charge >= 0.3 is 5.97 Å². The van der Waals surface area contributed by atoms with Crippen molar-refractivity contribution in [2.45, 2.75) is 40.2 Å². The minimum absolute atomic E-state index is 0.279. The molecule has 0 aromatic carbocycles. The van der Waals surface area contributed by atoms with Gasteiger partial charge in [-0.25, -0.2) is 4.79 Å². The maximum atomic E-state index is 11.9. The molecule has 0 saturated carbocycles. The van der Waals surface area contributed by atoms with Crippen LogP contribution in [0.25, 0.3) is 0 Å². The van der Waals surface area contributed by atoms with Gasteiger partial charge in [-0.15, -0.1) is 0 Å². The highest BCUT2D eigenvalue weighted by Gasteiger charge is 2.18. The molecular weight excluding hydrogens is 242 g/mol. The maximum absolute atomic E-state index is 11.9. The molecule has 0 radical (unpaired) electrons. The lowest BCUT2D eigenvalue weighted by Gasteiger charge is -2.21. The summed E-state index contributed by atoms with van der Waals surface area (Å²) in [7, 11) is 1.87. The van der Waals surface area contributed by atoms with E-state index in [0.29, 0.717) is 12.2 Å². The standard InChI is InChI=1S/C14H25N3O2/c1-5-8-17(9-6-2)11-13-12(10-15-16(13)4)14(18)19-7-3/h10H,5-9,11H2,1-4H3. The van der Waals surface area contributed by atoms with Crippen LogP contribution in [-0.2, 0) is 18.3 Å².